The minimum Gasteiger partial charge on any atom is -0.352 e. The third-order valence-corrected chi connectivity index (χ3v) is 4.00. The summed E-state index contributed by atoms with van der Waals surface area (Å²) in [6.45, 7) is 0.438. The molecule has 2 aromatic heterocycles. The van der Waals surface area contributed by atoms with Crippen LogP contribution in [0.4, 0.5) is 0 Å². The molecule has 0 unspecified atom stereocenters. The highest BCUT2D eigenvalue weighted by Gasteiger charge is 2.05. The van der Waals surface area contributed by atoms with Crippen molar-refractivity contribution in [1.29, 1.82) is 5.26 Å². The Balaban J connectivity index is 1.52. The molecule has 3 aromatic rings. The Morgan fingerprint density at radius 1 is 1.00 bits per heavy atom. The van der Waals surface area contributed by atoms with Gasteiger partial charge in [0, 0.05) is 48.9 Å². The van der Waals surface area contributed by atoms with E-state index < -0.39 is 0 Å². The molecular formula is C21H18N4O. The summed E-state index contributed by atoms with van der Waals surface area (Å²) in [6.07, 6.45) is 8.10. The minimum atomic E-state index is -0.0128. The number of carbonyl (C=O) groups excluding carboxylic acids is 1. The molecule has 0 aliphatic carbocycles. The Kier molecular flexibility index (Phi) is 5.69. The van der Waals surface area contributed by atoms with E-state index in [9.17, 15) is 4.79 Å². The molecule has 1 aromatic carbocycles. The maximum atomic E-state index is 12.1. The lowest BCUT2D eigenvalue weighted by Crippen LogP contribution is -2.23. The van der Waals surface area contributed by atoms with Crippen LogP contribution in [-0.2, 0) is 17.8 Å². The topological polar surface area (TPSA) is 78.7 Å². The zero-order chi connectivity index (χ0) is 18.2. The fraction of sp³-hybridized carbons (Fsp3) is 0.143. The van der Waals surface area contributed by atoms with Crippen LogP contribution in [0.3, 0.4) is 0 Å². The molecule has 0 saturated heterocycles. The second-order valence-electron chi connectivity index (χ2n) is 5.91. The van der Waals surface area contributed by atoms with Crippen molar-refractivity contribution in [1.82, 2.24) is 15.3 Å². The number of carbonyl (C=O) groups is 1. The van der Waals surface area contributed by atoms with Gasteiger partial charge in [-0.2, -0.15) is 5.26 Å². The van der Waals surface area contributed by atoms with E-state index in [4.69, 9.17) is 5.26 Å². The quantitative estimate of drug-likeness (QED) is 0.746. The highest BCUT2D eigenvalue weighted by molar-refractivity contribution is 5.76. The first-order valence-corrected chi connectivity index (χ1v) is 8.34. The zero-order valence-corrected chi connectivity index (χ0v) is 14.2. The van der Waals surface area contributed by atoms with Gasteiger partial charge in [0.05, 0.1) is 11.6 Å². The summed E-state index contributed by atoms with van der Waals surface area (Å²) in [5.41, 5.74) is 4.58. The van der Waals surface area contributed by atoms with Crippen LogP contribution in [0.2, 0.25) is 0 Å². The Bertz CT molecular complexity index is 915. The van der Waals surface area contributed by atoms with Crippen molar-refractivity contribution in [3.8, 4) is 17.2 Å². The number of aryl methyl sites for hydroxylation is 1. The van der Waals surface area contributed by atoms with Gasteiger partial charge >= 0.3 is 0 Å². The van der Waals surface area contributed by atoms with Gasteiger partial charge in [-0.15, -0.1) is 0 Å². The lowest BCUT2D eigenvalue weighted by molar-refractivity contribution is -0.121. The van der Waals surface area contributed by atoms with Gasteiger partial charge in [-0.05, 0) is 41.8 Å². The highest BCUT2D eigenvalue weighted by atomic mass is 16.1. The molecule has 0 spiro atoms. The zero-order valence-electron chi connectivity index (χ0n) is 14.2. The minimum absolute atomic E-state index is 0.0128. The number of nitrogens with zero attached hydrogens (tertiary/aromatic N) is 3. The molecule has 0 radical (unpaired) electrons. The summed E-state index contributed by atoms with van der Waals surface area (Å²) < 4.78 is 0. The summed E-state index contributed by atoms with van der Waals surface area (Å²) in [6, 6.07) is 15.2. The Labute approximate surface area is 152 Å². The van der Waals surface area contributed by atoms with E-state index in [1.54, 1.807) is 36.9 Å². The number of benzene rings is 1. The second-order valence-corrected chi connectivity index (χ2v) is 5.91. The molecule has 0 saturated carbocycles. The van der Waals surface area contributed by atoms with E-state index in [0.717, 1.165) is 22.3 Å². The summed E-state index contributed by atoms with van der Waals surface area (Å²) in [5.74, 6) is -0.0128. The van der Waals surface area contributed by atoms with Gasteiger partial charge in [0.1, 0.15) is 0 Å². The highest BCUT2D eigenvalue weighted by Crippen LogP contribution is 2.17. The van der Waals surface area contributed by atoms with Gasteiger partial charge in [-0.25, -0.2) is 0 Å². The van der Waals surface area contributed by atoms with E-state index in [-0.39, 0.29) is 5.91 Å². The number of nitriles is 1. The van der Waals surface area contributed by atoms with E-state index in [2.05, 4.69) is 21.4 Å². The van der Waals surface area contributed by atoms with Crippen LogP contribution in [0.5, 0.6) is 0 Å². The lowest BCUT2D eigenvalue weighted by atomic mass is 10.1. The van der Waals surface area contributed by atoms with Crippen molar-refractivity contribution in [2.24, 2.45) is 0 Å². The molecule has 0 aliphatic heterocycles. The Hall–Kier alpha value is -3.52. The standard InChI is InChI=1S/C21H18N4O/c22-11-17-5-3-16(4-6-17)7-8-21(26)25-13-18-10-20(15-24-12-18)19-2-1-9-23-14-19/h1-6,9-10,12,14-15H,7-8,13H2,(H,25,26). The lowest BCUT2D eigenvalue weighted by Gasteiger charge is -2.07. The van der Waals surface area contributed by atoms with Gasteiger partial charge in [-0.1, -0.05) is 18.2 Å². The Morgan fingerprint density at radius 2 is 1.81 bits per heavy atom. The summed E-state index contributed by atoms with van der Waals surface area (Å²) in [5, 5.41) is 11.7. The maximum Gasteiger partial charge on any atom is 0.220 e. The van der Waals surface area contributed by atoms with E-state index >= 15 is 0 Å². The third kappa shape index (κ3) is 4.74. The van der Waals surface area contributed by atoms with Crippen molar-refractivity contribution in [2.45, 2.75) is 19.4 Å². The van der Waals surface area contributed by atoms with Crippen LogP contribution in [-0.4, -0.2) is 15.9 Å². The fourth-order valence-corrected chi connectivity index (χ4v) is 2.57. The van der Waals surface area contributed by atoms with Gasteiger partial charge < -0.3 is 5.32 Å². The van der Waals surface area contributed by atoms with Crippen molar-refractivity contribution in [2.75, 3.05) is 0 Å². The number of aromatic nitrogens is 2. The number of rotatable bonds is 6. The van der Waals surface area contributed by atoms with Crippen molar-refractivity contribution in [3.05, 3.63) is 83.9 Å². The van der Waals surface area contributed by atoms with Gasteiger partial charge in [0.15, 0.2) is 0 Å². The number of nitrogens with one attached hydrogen (secondary N) is 1. The second kappa shape index (κ2) is 8.54. The largest absolute Gasteiger partial charge is 0.352 e. The van der Waals surface area contributed by atoms with Crippen LogP contribution < -0.4 is 5.32 Å². The monoisotopic (exact) mass is 342 g/mol. The predicted molar refractivity (Wildman–Crippen MR) is 98.8 cm³/mol. The molecule has 1 N–H and O–H groups in total. The Morgan fingerprint density at radius 3 is 2.54 bits per heavy atom. The van der Waals surface area contributed by atoms with Crippen LogP contribution in [0.25, 0.3) is 11.1 Å². The first kappa shape index (κ1) is 17.3. The molecule has 128 valence electrons. The van der Waals surface area contributed by atoms with Crippen LogP contribution in [0.1, 0.15) is 23.1 Å². The summed E-state index contributed by atoms with van der Waals surface area (Å²) in [4.78, 5) is 20.4. The summed E-state index contributed by atoms with van der Waals surface area (Å²) >= 11 is 0. The molecule has 0 aliphatic rings. The predicted octanol–water partition coefficient (Wildman–Crippen LogP) is 3.26. The van der Waals surface area contributed by atoms with Crippen molar-refractivity contribution in [3.63, 3.8) is 0 Å². The number of pyridine rings is 2. The van der Waals surface area contributed by atoms with E-state index in [1.165, 1.54) is 0 Å². The van der Waals surface area contributed by atoms with Crippen molar-refractivity contribution < 1.29 is 4.79 Å². The number of hydrogen-bond acceptors (Lipinski definition) is 4. The maximum absolute atomic E-state index is 12.1. The number of hydrogen-bond donors (Lipinski definition) is 1. The molecule has 0 fully saturated rings. The van der Waals surface area contributed by atoms with Crippen LogP contribution in [0.15, 0.2) is 67.3 Å². The normalized spacial score (nSPS) is 10.1. The van der Waals surface area contributed by atoms with Crippen molar-refractivity contribution >= 4 is 5.91 Å². The average Bonchev–Trinajstić information content (AvgIpc) is 2.72. The smallest absolute Gasteiger partial charge is 0.220 e. The van der Waals surface area contributed by atoms with Gasteiger partial charge in [0.2, 0.25) is 5.91 Å². The first-order valence-electron chi connectivity index (χ1n) is 8.34. The average molecular weight is 342 g/mol. The molecule has 5 heteroatoms. The fourth-order valence-electron chi connectivity index (χ4n) is 2.57. The van der Waals surface area contributed by atoms with E-state index in [0.29, 0.717) is 24.9 Å². The molecule has 5 nitrogen and oxygen atoms in total. The summed E-state index contributed by atoms with van der Waals surface area (Å²) in [7, 11) is 0. The molecule has 1 amide bonds. The van der Waals surface area contributed by atoms with Crippen LogP contribution >= 0.6 is 0 Å². The molecule has 0 atom stereocenters. The SMILES string of the molecule is N#Cc1ccc(CCC(=O)NCc2cncc(-c3cccnc3)c2)cc1. The third-order valence-electron chi connectivity index (χ3n) is 4.00. The molecule has 2 heterocycles. The molecule has 26 heavy (non-hydrogen) atoms. The van der Waals surface area contributed by atoms with E-state index in [1.807, 2.05) is 30.3 Å². The molecular weight excluding hydrogens is 324 g/mol. The molecule has 0 bridgehead atoms. The van der Waals surface area contributed by atoms with Crippen LogP contribution in [0, 0.1) is 11.3 Å². The van der Waals surface area contributed by atoms with Gasteiger partial charge in [-0.3, -0.25) is 14.8 Å². The molecule has 3 rings (SSSR count). The van der Waals surface area contributed by atoms with Gasteiger partial charge in [0.25, 0.3) is 0 Å². The first-order chi connectivity index (χ1) is 12.7. The number of amides is 1.